The SMILES string of the molecule is COc1cccc(CN2CCN(C(=O)C3CCC3)CC2)c1. The molecular weight excluding hydrogens is 264 g/mol. The van der Waals surface area contributed by atoms with E-state index in [2.05, 4.69) is 21.9 Å². The van der Waals surface area contributed by atoms with E-state index in [0.717, 1.165) is 51.3 Å². The summed E-state index contributed by atoms with van der Waals surface area (Å²) in [7, 11) is 1.70. The Bertz CT molecular complexity index is 491. The fraction of sp³-hybridized carbons (Fsp3) is 0.588. The maximum absolute atomic E-state index is 12.2. The molecule has 21 heavy (non-hydrogen) atoms. The van der Waals surface area contributed by atoms with Gasteiger partial charge in [0.2, 0.25) is 5.91 Å². The molecule has 1 aromatic rings. The molecule has 1 aromatic carbocycles. The standard InChI is InChI=1S/C17H24N2O2/c1-21-16-7-2-4-14(12-16)13-18-8-10-19(11-9-18)17(20)15-5-3-6-15/h2,4,7,12,15H,3,5-6,8-11,13H2,1H3. The van der Waals surface area contributed by atoms with Crippen molar-refractivity contribution in [2.45, 2.75) is 25.8 Å². The number of piperazine rings is 1. The highest BCUT2D eigenvalue weighted by Gasteiger charge is 2.31. The average Bonchev–Trinajstić information content (AvgIpc) is 2.46. The van der Waals surface area contributed by atoms with E-state index in [1.807, 2.05) is 12.1 Å². The van der Waals surface area contributed by atoms with Crippen molar-refractivity contribution in [1.82, 2.24) is 9.80 Å². The highest BCUT2D eigenvalue weighted by atomic mass is 16.5. The van der Waals surface area contributed by atoms with E-state index in [1.54, 1.807) is 7.11 Å². The van der Waals surface area contributed by atoms with Crippen LogP contribution in [0.15, 0.2) is 24.3 Å². The maximum atomic E-state index is 12.2. The number of carbonyl (C=O) groups excluding carboxylic acids is 1. The second kappa shape index (κ2) is 6.48. The number of nitrogens with zero attached hydrogens (tertiary/aromatic N) is 2. The van der Waals surface area contributed by atoms with Crippen LogP contribution in [0.5, 0.6) is 5.75 Å². The largest absolute Gasteiger partial charge is 0.497 e. The lowest BCUT2D eigenvalue weighted by atomic mass is 9.84. The molecule has 0 bridgehead atoms. The van der Waals surface area contributed by atoms with E-state index in [0.29, 0.717) is 11.8 Å². The molecule has 1 amide bonds. The Hall–Kier alpha value is -1.55. The van der Waals surface area contributed by atoms with Crippen LogP contribution in [0.25, 0.3) is 0 Å². The van der Waals surface area contributed by atoms with Gasteiger partial charge in [-0.2, -0.15) is 0 Å². The second-order valence-corrected chi connectivity index (χ2v) is 6.08. The van der Waals surface area contributed by atoms with Crippen LogP contribution in [0, 0.1) is 5.92 Å². The van der Waals surface area contributed by atoms with Gasteiger partial charge in [-0.05, 0) is 30.5 Å². The molecular formula is C17H24N2O2. The molecule has 3 rings (SSSR count). The molecule has 1 saturated carbocycles. The van der Waals surface area contributed by atoms with Gasteiger partial charge in [-0.1, -0.05) is 18.6 Å². The van der Waals surface area contributed by atoms with Gasteiger partial charge in [0, 0.05) is 38.6 Å². The van der Waals surface area contributed by atoms with Crippen LogP contribution in [0.4, 0.5) is 0 Å². The minimum Gasteiger partial charge on any atom is -0.497 e. The summed E-state index contributed by atoms with van der Waals surface area (Å²) in [6.45, 7) is 4.62. The predicted octanol–water partition coefficient (Wildman–Crippen LogP) is 2.14. The molecule has 1 heterocycles. The Morgan fingerprint density at radius 3 is 2.62 bits per heavy atom. The zero-order valence-corrected chi connectivity index (χ0v) is 12.8. The van der Waals surface area contributed by atoms with Gasteiger partial charge in [0.1, 0.15) is 5.75 Å². The summed E-state index contributed by atoms with van der Waals surface area (Å²) in [4.78, 5) is 16.7. The molecule has 4 heteroatoms. The molecule has 1 aliphatic carbocycles. The van der Waals surface area contributed by atoms with Gasteiger partial charge in [0.25, 0.3) is 0 Å². The van der Waals surface area contributed by atoms with Gasteiger partial charge in [-0.3, -0.25) is 9.69 Å². The third-order valence-electron chi connectivity index (χ3n) is 4.68. The zero-order chi connectivity index (χ0) is 14.7. The van der Waals surface area contributed by atoms with Crippen LogP contribution < -0.4 is 4.74 Å². The minimum absolute atomic E-state index is 0.329. The molecule has 114 valence electrons. The monoisotopic (exact) mass is 288 g/mol. The van der Waals surface area contributed by atoms with Crippen molar-refractivity contribution in [3.05, 3.63) is 29.8 Å². The molecule has 0 radical (unpaired) electrons. The van der Waals surface area contributed by atoms with E-state index in [9.17, 15) is 4.79 Å². The number of carbonyl (C=O) groups is 1. The van der Waals surface area contributed by atoms with Crippen molar-refractivity contribution in [2.75, 3.05) is 33.3 Å². The van der Waals surface area contributed by atoms with Crippen molar-refractivity contribution < 1.29 is 9.53 Å². The molecule has 0 spiro atoms. The van der Waals surface area contributed by atoms with Gasteiger partial charge in [-0.25, -0.2) is 0 Å². The first-order chi connectivity index (χ1) is 10.3. The summed E-state index contributed by atoms with van der Waals surface area (Å²) in [5.74, 6) is 1.63. The number of benzene rings is 1. The minimum atomic E-state index is 0.329. The molecule has 0 N–H and O–H groups in total. The Morgan fingerprint density at radius 2 is 2.00 bits per heavy atom. The number of hydrogen-bond donors (Lipinski definition) is 0. The van der Waals surface area contributed by atoms with Gasteiger partial charge < -0.3 is 9.64 Å². The number of ether oxygens (including phenoxy) is 1. The lowest BCUT2D eigenvalue weighted by molar-refractivity contribution is -0.140. The first-order valence-electron chi connectivity index (χ1n) is 7.90. The van der Waals surface area contributed by atoms with Gasteiger partial charge >= 0.3 is 0 Å². The molecule has 0 unspecified atom stereocenters. The maximum Gasteiger partial charge on any atom is 0.225 e. The smallest absolute Gasteiger partial charge is 0.225 e. The van der Waals surface area contributed by atoms with Gasteiger partial charge in [0.05, 0.1) is 7.11 Å². The molecule has 4 nitrogen and oxygen atoms in total. The molecule has 2 fully saturated rings. The molecule has 0 aromatic heterocycles. The second-order valence-electron chi connectivity index (χ2n) is 6.08. The van der Waals surface area contributed by atoms with E-state index in [4.69, 9.17) is 4.74 Å². The average molecular weight is 288 g/mol. The van der Waals surface area contributed by atoms with E-state index >= 15 is 0 Å². The summed E-state index contributed by atoms with van der Waals surface area (Å²) in [5, 5.41) is 0. The van der Waals surface area contributed by atoms with Crippen molar-refractivity contribution in [1.29, 1.82) is 0 Å². The Labute approximate surface area is 126 Å². The number of rotatable bonds is 4. The summed E-state index contributed by atoms with van der Waals surface area (Å²) in [5.41, 5.74) is 1.27. The zero-order valence-electron chi connectivity index (χ0n) is 12.8. The topological polar surface area (TPSA) is 32.8 Å². The first-order valence-corrected chi connectivity index (χ1v) is 7.90. The van der Waals surface area contributed by atoms with Crippen molar-refractivity contribution >= 4 is 5.91 Å². The summed E-state index contributed by atoms with van der Waals surface area (Å²) in [6.07, 6.45) is 3.43. The summed E-state index contributed by atoms with van der Waals surface area (Å²) >= 11 is 0. The van der Waals surface area contributed by atoms with Crippen molar-refractivity contribution in [2.24, 2.45) is 5.92 Å². The molecule has 1 aliphatic heterocycles. The summed E-state index contributed by atoms with van der Waals surface area (Å²) < 4.78 is 5.27. The van der Waals surface area contributed by atoms with Crippen molar-refractivity contribution in [3.63, 3.8) is 0 Å². The predicted molar refractivity (Wildman–Crippen MR) is 82.2 cm³/mol. The van der Waals surface area contributed by atoms with Gasteiger partial charge in [0.15, 0.2) is 0 Å². The van der Waals surface area contributed by atoms with Crippen LogP contribution in [0.2, 0.25) is 0 Å². The number of hydrogen-bond acceptors (Lipinski definition) is 3. The lowest BCUT2D eigenvalue weighted by Gasteiger charge is -2.38. The fourth-order valence-electron chi connectivity index (χ4n) is 3.07. The van der Waals surface area contributed by atoms with Crippen molar-refractivity contribution in [3.8, 4) is 5.75 Å². The van der Waals surface area contributed by atoms with Crippen LogP contribution in [0.1, 0.15) is 24.8 Å². The van der Waals surface area contributed by atoms with Crippen LogP contribution in [0.3, 0.4) is 0 Å². The number of methoxy groups -OCH3 is 1. The quantitative estimate of drug-likeness (QED) is 0.851. The molecule has 2 aliphatic rings. The lowest BCUT2D eigenvalue weighted by Crippen LogP contribution is -2.50. The third-order valence-corrected chi connectivity index (χ3v) is 4.68. The number of amides is 1. The van der Waals surface area contributed by atoms with E-state index in [-0.39, 0.29) is 0 Å². The van der Waals surface area contributed by atoms with Gasteiger partial charge in [-0.15, -0.1) is 0 Å². The third kappa shape index (κ3) is 3.38. The van der Waals surface area contributed by atoms with Crippen LogP contribution in [-0.2, 0) is 11.3 Å². The highest BCUT2D eigenvalue weighted by molar-refractivity contribution is 5.79. The Kier molecular flexibility index (Phi) is 4.44. The van der Waals surface area contributed by atoms with Crippen LogP contribution >= 0.6 is 0 Å². The Balaban J connectivity index is 1.50. The van der Waals surface area contributed by atoms with E-state index < -0.39 is 0 Å². The van der Waals surface area contributed by atoms with E-state index in [1.165, 1.54) is 12.0 Å². The van der Waals surface area contributed by atoms with Crippen LogP contribution in [-0.4, -0.2) is 49.0 Å². The normalized spacial score (nSPS) is 20.1. The highest BCUT2D eigenvalue weighted by Crippen LogP contribution is 2.28. The molecule has 0 atom stereocenters. The molecule has 1 saturated heterocycles. The fourth-order valence-corrected chi connectivity index (χ4v) is 3.07. The summed E-state index contributed by atoms with van der Waals surface area (Å²) in [6, 6.07) is 8.23. The first kappa shape index (κ1) is 14.4. The Morgan fingerprint density at radius 1 is 1.24 bits per heavy atom.